The molecule has 2 rings (SSSR count). The van der Waals surface area contributed by atoms with E-state index >= 15 is 0 Å². The SMILES string of the molecule is COC(=O)c1ccc(NS(=O)(=O)N2CCCC(C)C2)cc1. The van der Waals surface area contributed by atoms with Crippen molar-refractivity contribution in [3.05, 3.63) is 29.8 Å². The van der Waals surface area contributed by atoms with Gasteiger partial charge in [-0.1, -0.05) is 6.92 Å². The van der Waals surface area contributed by atoms with Gasteiger partial charge in [-0.3, -0.25) is 4.72 Å². The van der Waals surface area contributed by atoms with Crippen LogP contribution in [0.3, 0.4) is 0 Å². The highest BCUT2D eigenvalue weighted by Gasteiger charge is 2.26. The third-order valence-corrected chi connectivity index (χ3v) is 5.02. The molecular formula is C14H20N2O4S. The fraction of sp³-hybridized carbons (Fsp3) is 0.500. The van der Waals surface area contributed by atoms with E-state index in [1.807, 2.05) is 6.92 Å². The Balaban J connectivity index is 2.08. The lowest BCUT2D eigenvalue weighted by Gasteiger charge is -2.30. The lowest BCUT2D eigenvalue weighted by molar-refractivity contribution is 0.0601. The first kappa shape index (κ1) is 15.8. The molecule has 0 bridgehead atoms. The smallest absolute Gasteiger partial charge is 0.337 e. The highest BCUT2D eigenvalue weighted by molar-refractivity contribution is 7.90. The topological polar surface area (TPSA) is 75.7 Å². The fourth-order valence-corrected chi connectivity index (χ4v) is 3.75. The molecule has 0 aromatic heterocycles. The predicted octanol–water partition coefficient (Wildman–Crippen LogP) is 1.86. The van der Waals surface area contributed by atoms with E-state index in [-0.39, 0.29) is 0 Å². The Bertz CT molecular complexity index is 598. The maximum Gasteiger partial charge on any atom is 0.337 e. The van der Waals surface area contributed by atoms with Gasteiger partial charge in [0.15, 0.2) is 0 Å². The second-order valence-corrected chi connectivity index (χ2v) is 6.95. The average molecular weight is 312 g/mol. The molecule has 1 N–H and O–H groups in total. The predicted molar refractivity (Wildman–Crippen MR) is 80.3 cm³/mol. The summed E-state index contributed by atoms with van der Waals surface area (Å²) in [7, 11) is -2.24. The molecule has 1 aromatic rings. The number of anilines is 1. The van der Waals surface area contributed by atoms with E-state index in [4.69, 9.17) is 0 Å². The maximum atomic E-state index is 12.3. The second-order valence-electron chi connectivity index (χ2n) is 5.28. The van der Waals surface area contributed by atoms with E-state index in [1.165, 1.54) is 23.5 Å². The Morgan fingerprint density at radius 2 is 2.00 bits per heavy atom. The lowest BCUT2D eigenvalue weighted by Crippen LogP contribution is -2.42. The van der Waals surface area contributed by atoms with Crippen LogP contribution in [-0.4, -0.2) is 38.9 Å². The van der Waals surface area contributed by atoms with Crippen molar-refractivity contribution in [2.75, 3.05) is 24.9 Å². The summed E-state index contributed by atoms with van der Waals surface area (Å²) in [5.41, 5.74) is 0.813. The first-order valence-corrected chi connectivity index (χ1v) is 8.32. The van der Waals surface area contributed by atoms with Gasteiger partial charge in [-0.05, 0) is 43.0 Å². The molecule has 1 aliphatic heterocycles. The van der Waals surface area contributed by atoms with Crippen molar-refractivity contribution in [3.8, 4) is 0 Å². The van der Waals surface area contributed by atoms with Gasteiger partial charge >= 0.3 is 16.2 Å². The molecule has 1 heterocycles. The molecule has 116 valence electrons. The number of carbonyl (C=O) groups is 1. The molecule has 0 saturated carbocycles. The number of esters is 1. The molecule has 1 unspecified atom stereocenters. The molecule has 6 nitrogen and oxygen atoms in total. The first-order chi connectivity index (χ1) is 9.92. The Morgan fingerprint density at radius 1 is 1.33 bits per heavy atom. The molecule has 0 radical (unpaired) electrons. The summed E-state index contributed by atoms with van der Waals surface area (Å²) >= 11 is 0. The van der Waals surface area contributed by atoms with Gasteiger partial charge in [-0.15, -0.1) is 0 Å². The summed E-state index contributed by atoms with van der Waals surface area (Å²) in [6.07, 6.45) is 1.93. The zero-order valence-electron chi connectivity index (χ0n) is 12.2. The number of ether oxygens (including phenoxy) is 1. The minimum Gasteiger partial charge on any atom is -0.465 e. The zero-order chi connectivity index (χ0) is 15.5. The number of nitrogens with zero attached hydrogens (tertiary/aromatic N) is 1. The van der Waals surface area contributed by atoms with Crippen molar-refractivity contribution < 1.29 is 17.9 Å². The van der Waals surface area contributed by atoms with Crippen molar-refractivity contribution in [2.24, 2.45) is 5.92 Å². The van der Waals surface area contributed by atoms with Crippen molar-refractivity contribution in [1.29, 1.82) is 0 Å². The van der Waals surface area contributed by atoms with E-state index in [0.29, 0.717) is 30.3 Å². The molecule has 0 aliphatic carbocycles. The first-order valence-electron chi connectivity index (χ1n) is 6.88. The van der Waals surface area contributed by atoms with Crippen LogP contribution in [0.1, 0.15) is 30.1 Å². The standard InChI is InChI=1S/C14H20N2O4S/c1-11-4-3-9-16(10-11)21(18,19)15-13-7-5-12(6-8-13)14(17)20-2/h5-8,11,15H,3-4,9-10H2,1-2H3. The van der Waals surface area contributed by atoms with E-state index in [2.05, 4.69) is 9.46 Å². The van der Waals surface area contributed by atoms with Gasteiger partial charge in [0.2, 0.25) is 0 Å². The number of carbonyl (C=O) groups excluding carboxylic acids is 1. The average Bonchev–Trinajstić information content (AvgIpc) is 2.47. The van der Waals surface area contributed by atoms with Gasteiger partial charge in [0, 0.05) is 18.8 Å². The summed E-state index contributed by atoms with van der Waals surface area (Å²) in [6, 6.07) is 6.17. The van der Waals surface area contributed by atoms with Crippen LogP contribution in [0.2, 0.25) is 0 Å². The number of methoxy groups -OCH3 is 1. The third-order valence-electron chi connectivity index (χ3n) is 3.51. The summed E-state index contributed by atoms with van der Waals surface area (Å²) in [4.78, 5) is 11.3. The quantitative estimate of drug-likeness (QED) is 0.861. The molecule has 7 heteroatoms. The van der Waals surface area contributed by atoms with Crippen LogP contribution in [0.5, 0.6) is 0 Å². The van der Waals surface area contributed by atoms with Gasteiger partial charge in [0.25, 0.3) is 0 Å². The van der Waals surface area contributed by atoms with Crippen LogP contribution in [0.25, 0.3) is 0 Å². The van der Waals surface area contributed by atoms with Crippen molar-refractivity contribution >= 4 is 21.9 Å². The van der Waals surface area contributed by atoms with Gasteiger partial charge < -0.3 is 4.74 Å². The normalized spacial score (nSPS) is 20.0. The number of benzene rings is 1. The summed E-state index contributed by atoms with van der Waals surface area (Å²) in [5.74, 6) is -0.0775. The van der Waals surface area contributed by atoms with Crippen LogP contribution >= 0.6 is 0 Å². The largest absolute Gasteiger partial charge is 0.465 e. The Kier molecular flexibility index (Phi) is 4.84. The Morgan fingerprint density at radius 3 is 2.57 bits per heavy atom. The molecule has 1 fully saturated rings. The minimum absolute atomic E-state index is 0.372. The molecule has 0 amide bonds. The highest BCUT2D eigenvalue weighted by Crippen LogP contribution is 2.20. The highest BCUT2D eigenvalue weighted by atomic mass is 32.2. The summed E-state index contributed by atoms with van der Waals surface area (Å²) in [6.45, 7) is 3.13. The van der Waals surface area contributed by atoms with Crippen LogP contribution in [-0.2, 0) is 14.9 Å². The molecule has 1 atom stereocenters. The van der Waals surface area contributed by atoms with Gasteiger partial charge in [0.1, 0.15) is 0 Å². The molecular weight excluding hydrogens is 292 g/mol. The van der Waals surface area contributed by atoms with Crippen LogP contribution < -0.4 is 4.72 Å². The number of hydrogen-bond donors (Lipinski definition) is 1. The second kappa shape index (κ2) is 6.44. The van der Waals surface area contributed by atoms with E-state index in [9.17, 15) is 13.2 Å². The maximum absolute atomic E-state index is 12.3. The molecule has 1 saturated heterocycles. The van der Waals surface area contributed by atoms with Crippen LogP contribution in [0, 0.1) is 5.92 Å². The number of nitrogens with one attached hydrogen (secondary N) is 1. The molecule has 1 aliphatic rings. The summed E-state index contributed by atoms with van der Waals surface area (Å²) in [5, 5.41) is 0. The van der Waals surface area contributed by atoms with Gasteiger partial charge in [-0.2, -0.15) is 12.7 Å². The van der Waals surface area contributed by atoms with Crippen molar-refractivity contribution in [3.63, 3.8) is 0 Å². The lowest BCUT2D eigenvalue weighted by atomic mass is 10.0. The monoisotopic (exact) mass is 312 g/mol. The van der Waals surface area contributed by atoms with Gasteiger partial charge in [-0.25, -0.2) is 4.79 Å². The number of hydrogen-bond acceptors (Lipinski definition) is 4. The van der Waals surface area contributed by atoms with Crippen LogP contribution in [0.15, 0.2) is 24.3 Å². The molecule has 1 aromatic carbocycles. The number of piperidine rings is 1. The molecule has 0 spiro atoms. The number of rotatable bonds is 4. The van der Waals surface area contributed by atoms with E-state index in [1.54, 1.807) is 12.1 Å². The van der Waals surface area contributed by atoms with Crippen LogP contribution in [0.4, 0.5) is 5.69 Å². The van der Waals surface area contributed by atoms with Crippen molar-refractivity contribution in [1.82, 2.24) is 4.31 Å². The van der Waals surface area contributed by atoms with Crippen molar-refractivity contribution in [2.45, 2.75) is 19.8 Å². The minimum atomic E-state index is -3.54. The summed E-state index contributed by atoms with van der Waals surface area (Å²) < 4.78 is 33.2. The Labute approximate surface area is 125 Å². The molecule has 21 heavy (non-hydrogen) atoms. The van der Waals surface area contributed by atoms with E-state index < -0.39 is 16.2 Å². The van der Waals surface area contributed by atoms with Gasteiger partial charge in [0.05, 0.1) is 12.7 Å². The Hall–Kier alpha value is -1.60. The van der Waals surface area contributed by atoms with E-state index in [0.717, 1.165) is 12.8 Å². The fourth-order valence-electron chi connectivity index (χ4n) is 2.37. The third kappa shape index (κ3) is 3.95. The zero-order valence-corrected chi connectivity index (χ0v) is 13.0.